The molecule has 0 saturated heterocycles. The molecular formula is C18H21N3. The molecule has 0 bridgehead atoms. The Hall–Kier alpha value is -1.95. The number of nitrogens with zero attached hydrogens (tertiary/aromatic N) is 1. The maximum absolute atomic E-state index is 4.50. The van der Waals surface area contributed by atoms with E-state index in [9.17, 15) is 0 Å². The molecule has 2 aromatic heterocycles. The van der Waals surface area contributed by atoms with E-state index in [1.807, 2.05) is 12.4 Å². The molecule has 21 heavy (non-hydrogen) atoms. The Morgan fingerprint density at radius 2 is 2.00 bits per heavy atom. The number of hydrogen-bond donors (Lipinski definition) is 2. The van der Waals surface area contributed by atoms with Gasteiger partial charge in [0.15, 0.2) is 0 Å². The second-order valence-corrected chi connectivity index (χ2v) is 6.31. The fourth-order valence-electron chi connectivity index (χ4n) is 3.12. The van der Waals surface area contributed by atoms with Crippen molar-refractivity contribution < 1.29 is 0 Å². The van der Waals surface area contributed by atoms with Gasteiger partial charge in [-0.05, 0) is 31.7 Å². The summed E-state index contributed by atoms with van der Waals surface area (Å²) in [5.74, 6) is 7.34. The zero-order valence-electron chi connectivity index (χ0n) is 12.3. The molecule has 2 aliphatic carbocycles. The summed E-state index contributed by atoms with van der Waals surface area (Å²) >= 11 is 0. The number of anilines is 1. The molecule has 0 spiro atoms. The van der Waals surface area contributed by atoms with Gasteiger partial charge in [0.2, 0.25) is 0 Å². The summed E-state index contributed by atoms with van der Waals surface area (Å²) in [4.78, 5) is 7.70. The number of hydrogen-bond acceptors (Lipinski definition) is 2. The van der Waals surface area contributed by atoms with Crippen molar-refractivity contribution in [2.45, 2.75) is 51.0 Å². The van der Waals surface area contributed by atoms with Gasteiger partial charge in [0, 0.05) is 29.7 Å². The van der Waals surface area contributed by atoms with E-state index in [0.717, 1.165) is 11.2 Å². The second kappa shape index (κ2) is 5.44. The Morgan fingerprint density at radius 1 is 1.14 bits per heavy atom. The van der Waals surface area contributed by atoms with Gasteiger partial charge < -0.3 is 10.3 Å². The highest BCUT2D eigenvalue weighted by Crippen LogP contribution is 2.30. The Kier molecular flexibility index (Phi) is 3.31. The summed E-state index contributed by atoms with van der Waals surface area (Å²) in [7, 11) is 0. The first-order valence-electron chi connectivity index (χ1n) is 8.14. The lowest BCUT2D eigenvalue weighted by Gasteiger charge is -2.24. The predicted octanol–water partition coefficient (Wildman–Crippen LogP) is 4.07. The molecular weight excluding hydrogens is 258 g/mol. The van der Waals surface area contributed by atoms with E-state index >= 15 is 0 Å². The minimum atomic E-state index is 0.584. The zero-order chi connectivity index (χ0) is 14.1. The number of pyridine rings is 1. The summed E-state index contributed by atoms with van der Waals surface area (Å²) in [6, 6.07) is 2.69. The molecule has 2 aromatic rings. The molecule has 2 saturated carbocycles. The topological polar surface area (TPSA) is 40.7 Å². The van der Waals surface area contributed by atoms with Gasteiger partial charge in [-0.2, -0.15) is 0 Å². The first kappa shape index (κ1) is 12.8. The van der Waals surface area contributed by atoms with Gasteiger partial charge >= 0.3 is 0 Å². The van der Waals surface area contributed by atoms with Crippen LogP contribution >= 0.6 is 0 Å². The monoisotopic (exact) mass is 279 g/mol. The number of H-pyrrole nitrogens is 1. The van der Waals surface area contributed by atoms with Crippen molar-refractivity contribution in [1.82, 2.24) is 9.97 Å². The third-order valence-electron chi connectivity index (χ3n) is 4.53. The van der Waals surface area contributed by atoms with Gasteiger partial charge in [0.05, 0.1) is 11.3 Å². The van der Waals surface area contributed by atoms with E-state index in [1.54, 1.807) is 0 Å². The van der Waals surface area contributed by atoms with E-state index in [1.165, 1.54) is 56.0 Å². The minimum Gasteiger partial charge on any atom is -0.381 e. The average Bonchev–Trinajstić information content (AvgIpc) is 3.22. The highest BCUT2D eigenvalue weighted by Gasteiger charge is 2.19. The maximum atomic E-state index is 4.50. The standard InChI is InChI=1S/C18H21N3/c1-2-4-15(5-3-1)21-17-14(9-8-13-6-7-13)12-20-18-16(17)10-11-19-18/h10-13,15H,1-7H2,(H2,19,20,21). The van der Waals surface area contributed by atoms with Crippen LogP contribution in [0.4, 0.5) is 5.69 Å². The van der Waals surface area contributed by atoms with E-state index in [-0.39, 0.29) is 0 Å². The molecule has 2 fully saturated rings. The quantitative estimate of drug-likeness (QED) is 0.814. The highest BCUT2D eigenvalue weighted by molar-refractivity contribution is 5.92. The summed E-state index contributed by atoms with van der Waals surface area (Å²) in [5, 5.41) is 4.93. The highest BCUT2D eigenvalue weighted by atomic mass is 14.9. The van der Waals surface area contributed by atoms with Crippen LogP contribution in [0.15, 0.2) is 18.5 Å². The molecule has 2 aliphatic rings. The Balaban J connectivity index is 1.70. The van der Waals surface area contributed by atoms with Gasteiger partial charge in [-0.3, -0.25) is 0 Å². The van der Waals surface area contributed by atoms with Crippen molar-refractivity contribution in [2.24, 2.45) is 5.92 Å². The van der Waals surface area contributed by atoms with Gasteiger partial charge in [0.1, 0.15) is 5.65 Å². The Labute approximate surface area is 125 Å². The van der Waals surface area contributed by atoms with Crippen molar-refractivity contribution in [3.8, 4) is 11.8 Å². The van der Waals surface area contributed by atoms with E-state index in [4.69, 9.17) is 0 Å². The fourth-order valence-corrected chi connectivity index (χ4v) is 3.12. The third kappa shape index (κ3) is 2.76. The smallest absolute Gasteiger partial charge is 0.139 e. The third-order valence-corrected chi connectivity index (χ3v) is 4.53. The summed E-state index contributed by atoms with van der Waals surface area (Å²) in [5.41, 5.74) is 3.19. The molecule has 2 N–H and O–H groups in total. The van der Waals surface area contributed by atoms with Crippen LogP contribution in [0, 0.1) is 17.8 Å². The summed E-state index contributed by atoms with van der Waals surface area (Å²) in [6.45, 7) is 0. The number of fused-ring (bicyclic) bond motifs is 1. The van der Waals surface area contributed by atoms with E-state index in [0.29, 0.717) is 12.0 Å². The lowest BCUT2D eigenvalue weighted by molar-refractivity contribution is 0.463. The van der Waals surface area contributed by atoms with E-state index < -0.39 is 0 Å². The number of nitrogens with one attached hydrogen (secondary N) is 2. The van der Waals surface area contributed by atoms with Crippen LogP contribution in [0.2, 0.25) is 0 Å². The van der Waals surface area contributed by atoms with Crippen molar-refractivity contribution in [3.05, 3.63) is 24.0 Å². The van der Waals surface area contributed by atoms with Crippen LogP contribution in [-0.2, 0) is 0 Å². The number of aromatic nitrogens is 2. The zero-order valence-corrected chi connectivity index (χ0v) is 12.3. The van der Waals surface area contributed by atoms with Crippen LogP contribution in [0.5, 0.6) is 0 Å². The van der Waals surface area contributed by atoms with Gasteiger partial charge in [-0.25, -0.2) is 4.98 Å². The van der Waals surface area contributed by atoms with Crippen molar-refractivity contribution in [3.63, 3.8) is 0 Å². The molecule has 0 atom stereocenters. The summed E-state index contributed by atoms with van der Waals surface area (Å²) in [6.07, 6.45) is 13.0. The van der Waals surface area contributed by atoms with Gasteiger partial charge in [-0.15, -0.1) is 0 Å². The van der Waals surface area contributed by atoms with Crippen LogP contribution in [0.25, 0.3) is 11.0 Å². The largest absolute Gasteiger partial charge is 0.381 e. The average molecular weight is 279 g/mol. The molecule has 3 nitrogen and oxygen atoms in total. The molecule has 0 amide bonds. The molecule has 4 rings (SSSR count). The Bertz CT molecular complexity index is 694. The van der Waals surface area contributed by atoms with Crippen LogP contribution in [0.1, 0.15) is 50.5 Å². The van der Waals surface area contributed by atoms with E-state index in [2.05, 4.69) is 33.2 Å². The molecule has 0 aromatic carbocycles. The second-order valence-electron chi connectivity index (χ2n) is 6.31. The Morgan fingerprint density at radius 3 is 2.81 bits per heavy atom. The molecule has 3 heteroatoms. The van der Waals surface area contributed by atoms with Crippen molar-refractivity contribution in [2.75, 3.05) is 5.32 Å². The normalized spacial score (nSPS) is 19.2. The molecule has 108 valence electrons. The van der Waals surface area contributed by atoms with Crippen molar-refractivity contribution >= 4 is 16.7 Å². The minimum absolute atomic E-state index is 0.584. The fraction of sp³-hybridized carbons (Fsp3) is 0.500. The van der Waals surface area contributed by atoms with Crippen LogP contribution in [0.3, 0.4) is 0 Å². The van der Waals surface area contributed by atoms with Crippen molar-refractivity contribution in [1.29, 1.82) is 0 Å². The molecule has 0 unspecified atom stereocenters. The molecule has 2 heterocycles. The molecule has 0 aliphatic heterocycles. The number of aromatic amines is 1. The predicted molar refractivity (Wildman–Crippen MR) is 86.2 cm³/mol. The van der Waals surface area contributed by atoms with Gasteiger partial charge in [0.25, 0.3) is 0 Å². The molecule has 0 radical (unpaired) electrons. The lowest BCUT2D eigenvalue weighted by Crippen LogP contribution is -2.22. The lowest BCUT2D eigenvalue weighted by atomic mass is 9.95. The summed E-state index contributed by atoms with van der Waals surface area (Å²) < 4.78 is 0. The first-order chi connectivity index (χ1) is 10.4. The first-order valence-corrected chi connectivity index (χ1v) is 8.14. The van der Waals surface area contributed by atoms with Crippen LogP contribution < -0.4 is 5.32 Å². The van der Waals surface area contributed by atoms with Gasteiger partial charge in [-0.1, -0.05) is 31.1 Å². The van der Waals surface area contributed by atoms with Crippen LogP contribution in [-0.4, -0.2) is 16.0 Å². The number of rotatable bonds is 2. The maximum Gasteiger partial charge on any atom is 0.139 e. The SMILES string of the molecule is C(#CC1CC1)c1cnc2[nH]ccc2c1NC1CCCCC1.